The molecule has 0 spiro atoms. The lowest BCUT2D eigenvalue weighted by Gasteiger charge is -2.15. The van der Waals surface area contributed by atoms with E-state index < -0.39 is 15.9 Å². The van der Waals surface area contributed by atoms with E-state index in [1.54, 1.807) is 30.3 Å². The Labute approximate surface area is 205 Å². The second kappa shape index (κ2) is 10.9. The number of benzene rings is 3. The SMILES string of the molecule is CN(C)Cc1ccccc1CNS(=O)(=O)c1cccc(C(=O)Nc2ccc3c(c2)OCCCO3)c1. The summed E-state index contributed by atoms with van der Waals surface area (Å²) in [5, 5.41) is 2.80. The van der Waals surface area contributed by atoms with Crippen molar-refractivity contribution >= 4 is 21.6 Å². The zero-order valence-electron chi connectivity index (χ0n) is 19.8. The van der Waals surface area contributed by atoms with Crippen LogP contribution in [0.3, 0.4) is 0 Å². The van der Waals surface area contributed by atoms with Crippen LogP contribution in [-0.2, 0) is 23.1 Å². The first-order valence-electron chi connectivity index (χ1n) is 11.3. The van der Waals surface area contributed by atoms with Crippen molar-refractivity contribution in [3.05, 3.63) is 83.4 Å². The van der Waals surface area contributed by atoms with E-state index in [-0.39, 0.29) is 17.0 Å². The molecule has 35 heavy (non-hydrogen) atoms. The van der Waals surface area contributed by atoms with E-state index in [0.29, 0.717) is 36.9 Å². The van der Waals surface area contributed by atoms with Crippen LogP contribution in [0.2, 0.25) is 0 Å². The monoisotopic (exact) mass is 495 g/mol. The van der Waals surface area contributed by atoms with Crippen LogP contribution in [0.1, 0.15) is 27.9 Å². The van der Waals surface area contributed by atoms with E-state index in [4.69, 9.17) is 9.47 Å². The first-order chi connectivity index (χ1) is 16.8. The van der Waals surface area contributed by atoms with Crippen LogP contribution in [0.4, 0.5) is 5.69 Å². The van der Waals surface area contributed by atoms with Crippen molar-refractivity contribution in [2.75, 3.05) is 32.6 Å². The highest BCUT2D eigenvalue weighted by molar-refractivity contribution is 7.89. The molecule has 3 aromatic carbocycles. The predicted octanol–water partition coefficient (Wildman–Crippen LogP) is 3.64. The van der Waals surface area contributed by atoms with Gasteiger partial charge in [-0.25, -0.2) is 13.1 Å². The lowest BCUT2D eigenvalue weighted by Crippen LogP contribution is -2.25. The summed E-state index contributed by atoms with van der Waals surface area (Å²) in [7, 11) is 0.0955. The molecule has 184 valence electrons. The minimum atomic E-state index is -3.83. The van der Waals surface area contributed by atoms with Gasteiger partial charge in [-0.15, -0.1) is 0 Å². The third kappa shape index (κ3) is 6.39. The molecule has 0 aliphatic carbocycles. The van der Waals surface area contributed by atoms with Gasteiger partial charge in [0.1, 0.15) is 0 Å². The van der Waals surface area contributed by atoms with Crippen molar-refractivity contribution in [2.24, 2.45) is 0 Å². The number of carbonyl (C=O) groups is 1. The van der Waals surface area contributed by atoms with Crippen molar-refractivity contribution in [3.63, 3.8) is 0 Å². The lowest BCUT2D eigenvalue weighted by atomic mass is 10.1. The standard InChI is InChI=1S/C26H29N3O5S/c1-29(2)18-21-8-4-3-7-20(21)17-27-35(31,32)23-10-5-9-19(15-23)26(30)28-22-11-12-24-25(16-22)34-14-6-13-33-24/h3-5,7-12,15-16,27H,6,13-14,17-18H2,1-2H3,(H,28,30). The van der Waals surface area contributed by atoms with Crippen LogP contribution in [0.25, 0.3) is 0 Å². The number of rotatable bonds is 8. The number of ether oxygens (including phenoxy) is 2. The van der Waals surface area contributed by atoms with Crippen LogP contribution in [-0.4, -0.2) is 46.5 Å². The minimum absolute atomic E-state index is 0.0221. The number of amides is 1. The molecule has 0 radical (unpaired) electrons. The second-order valence-electron chi connectivity index (χ2n) is 8.52. The Morgan fingerprint density at radius 3 is 2.43 bits per heavy atom. The number of sulfonamides is 1. The summed E-state index contributed by atoms with van der Waals surface area (Å²) in [4.78, 5) is 14.9. The molecule has 8 nitrogen and oxygen atoms in total. The van der Waals surface area contributed by atoms with Crippen LogP contribution >= 0.6 is 0 Å². The number of fused-ring (bicyclic) bond motifs is 1. The number of anilines is 1. The summed E-state index contributed by atoms with van der Waals surface area (Å²) in [6.45, 7) is 1.97. The van der Waals surface area contributed by atoms with Gasteiger partial charge < -0.3 is 19.7 Å². The molecule has 1 aliphatic rings. The maximum Gasteiger partial charge on any atom is 0.255 e. The van der Waals surface area contributed by atoms with Crippen LogP contribution in [0, 0.1) is 0 Å². The van der Waals surface area contributed by atoms with Crippen molar-refractivity contribution < 1.29 is 22.7 Å². The van der Waals surface area contributed by atoms with E-state index >= 15 is 0 Å². The van der Waals surface area contributed by atoms with E-state index in [1.165, 1.54) is 12.1 Å². The van der Waals surface area contributed by atoms with Crippen molar-refractivity contribution in [1.82, 2.24) is 9.62 Å². The third-order valence-corrected chi connectivity index (χ3v) is 6.87. The average Bonchev–Trinajstić information content (AvgIpc) is 3.08. The van der Waals surface area contributed by atoms with Gasteiger partial charge in [0.2, 0.25) is 10.0 Å². The number of hydrogen-bond donors (Lipinski definition) is 2. The van der Waals surface area contributed by atoms with Crippen LogP contribution < -0.4 is 19.5 Å². The predicted molar refractivity (Wildman–Crippen MR) is 134 cm³/mol. The molecule has 1 amide bonds. The molecule has 4 rings (SSSR count). The largest absolute Gasteiger partial charge is 0.490 e. The summed E-state index contributed by atoms with van der Waals surface area (Å²) in [6, 6.07) is 18.8. The smallest absolute Gasteiger partial charge is 0.255 e. The highest BCUT2D eigenvalue weighted by atomic mass is 32.2. The normalized spacial score (nSPS) is 13.3. The Bertz CT molecular complexity index is 1310. The van der Waals surface area contributed by atoms with Gasteiger partial charge in [0, 0.05) is 36.8 Å². The molecule has 9 heteroatoms. The molecule has 1 aliphatic heterocycles. The lowest BCUT2D eigenvalue weighted by molar-refractivity contribution is 0.102. The van der Waals surface area contributed by atoms with Gasteiger partial charge in [-0.1, -0.05) is 30.3 Å². The first-order valence-corrected chi connectivity index (χ1v) is 12.8. The summed E-state index contributed by atoms with van der Waals surface area (Å²) in [5.41, 5.74) is 2.70. The van der Waals surface area contributed by atoms with Crippen molar-refractivity contribution in [2.45, 2.75) is 24.4 Å². The fourth-order valence-electron chi connectivity index (χ4n) is 3.73. The average molecular weight is 496 g/mol. The minimum Gasteiger partial charge on any atom is -0.490 e. The number of hydrogen-bond acceptors (Lipinski definition) is 6. The molecule has 0 unspecified atom stereocenters. The number of nitrogens with zero attached hydrogens (tertiary/aromatic N) is 1. The molecule has 0 aromatic heterocycles. The van der Waals surface area contributed by atoms with Gasteiger partial charge in [-0.3, -0.25) is 4.79 Å². The summed E-state index contributed by atoms with van der Waals surface area (Å²) in [6.07, 6.45) is 0.785. The summed E-state index contributed by atoms with van der Waals surface area (Å²) < 4.78 is 39.9. The molecule has 0 saturated carbocycles. The van der Waals surface area contributed by atoms with Gasteiger partial charge in [-0.2, -0.15) is 0 Å². The highest BCUT2D eigenvalue weighted by Gasteiger charge is 2.18. The Hall–Kier alpha value is -3.40. The molecular formula is C26H29N3O5S. The second-order valence-corrected chi connectivity index (χ2v) is 10.3. The number of nitrogens with one attached hydrogen (secondary N) is 2. The Morgan fingerprint density at radius 2 is 1.66 bits per heavy atom. The van der Waals surface area contributed by atoms with Gasteiger partial charge >= 0.3 is 0 Å². The van der Waals surface area contributed by atoms with Crippen molar-refractivity contribution in [3.8, 4) is 11.5 Å². The Balaban J connectivity index is 1.46. The zero-order chi connectivity index (χ0) is 24.8. The maximum atomic E-state index is 13.0. The molecule has 2 N–H and O–H groups in total. The Kier molecular flexibility index (Phi) is 7.70. The third-order valence-electron chi connectivity index (χ3n) is 5.47. The zero-order valence-corrected chi connectivity index (χ0v) is 20.6. The van der Waals surface area contributed by atoms with Crippen LogP contribution in [0.15, 0.2) is 71.6 Å². The van der Waals surface area contributed by atoms with Gasteiger partial charge in [0.15, 0.2) is 11.5 Å². The van der Waals surface area contributed by atoms with Gasteiger partial charge in [-0.05, 0) is 55.6 Å². The molecule has 0 bridgehead atoms. The van der Waals surface area contributed by atoms with Crippen LogP contribution in [0.5, 0.6) is 11.5 Å². The summed E-state index contributed by atoms with van der Waals surface area (Å²) in [5.74, 6) is 0.773. The molecule has 0 fully saturated rings. The van der Waals surface area contributed by atoms with E-state index in [2.05, 4.69) is 10.0 Å². The topological polar surface area (TPSA) is 97.0 Å². The summed E-state index contributed by atoms with van der Waals surface area (Å²) >= 11 is 0. The molecular weight excluding hydrogens is 466 g/mol. The van der Waals surface area contributed by atoms with E-state index in [1.807, 2.05) is 43.3 Å². The molecule has 0 saturated heterocycles. The number of carbonyl (C=O) groups excluding carboxylic acids is 1. The van der Waals surface area contributed by atoms with E-state index in [0.717, 1.165) is 17.5 Å². The highest BCUT2D eigenvalue weighted by Crippen LogP contribution is 2.32. The molecule has 0 atom stereocenters. The van der Waals surface area contributed by atoms with Gasteiger partial charge in [0.05, 0.1) is 18.1 Å². The quantitative estimate of drug-likeness (QED) is 0.495. The fraction of sp³-hybridized carbons (Fsp3) is 0.269. The first kappa shape index (κ1) is 24.7. The van der Waals surface area contributed by atoms with E-state index in [9.17, 15) is 13.2 Å². The molecule has 3 aromatic rings. The Morgan fingerprint density at radius 1 is 0.914 bits per heavy atom. The fourth-order valence-corrected chi connectivity index (χ4v) is 4.78. The molecule has 1 heterocycles. The van der Waals surface area contributed by atoms with Gasteiger partial charge in [0.25, 0.3) is 5.91 Å². The van der Waals surface area contributed by atoms with Crippen molar-refractivity contribution in [1.29, 1.82) is 0 Å². The maximum absolute atomic E-state index is 13.0.